The molecule has 2 heteroatoms. The summed E-state index contributed by atoms with van der Waals surface area (Å²) in [4.78, 5) is 11.8. The fourth-order valence-electron chi connectivity index (χ4n) is 3.87. The lowest BCUT2D eigenvalue weighted by Crippen LogP contribution is -2.05. The van der Waals surface area contributed by atoms with Crippen molar-refractivity contribution in [2.24, 2.45) is 0 Å². The van der Waals surface area contributed by atoms with Gasteiger partial charge >= 0.3 is 5.97 Å². The zero-order valence-electron chi connectivity index (χ0n) is 21.9. The fraction of sp³-hybridized carbons (Fsp3) is 0.833. The Kier molecular flexibility index (Phi) is 27.1. The largest absolute Gasteiger partial charge is 0.466 e. The zero-order chi connectivity index (χ0) is 23.4. The van der Waals surface area contributed by atoms with E-state index in [1.54, 1.807) is 0 Å². The third kappa shape index (κ3) is 27.0. The summed E-state index contributed by atoms with van der Waals surface area (Å²) in [5, 5.41) is 0. The van der Waals surface area contributed by atoms with Crippen LogP contribution in [0.3, 0.4) is 0 Å². The van der Waals surface area contributed by atoms with Crippen LogP contribution in [0, 0.1) is 0 Å². The summed E-state index contributed by atoms with van der Waals surface area (Å²) >= 11 is 0. The van der Waals surface area contributed by atoms with E-state index in [1.165, 1.54) is 116 Å². The summed E-state index contributed by atoms with van der Waals surface area (Å²) < 4.78 is 5.38. The number of rotatable bonds is 25. The molecular formula is C30H56O2. The molecule has 0 bridgehead atoms. The summed E-state index contributed by atoms with van der Waals surface area (Å²) in [5.41, 5.74) is 0. The second-order valence-corrected chi connectivity index (χ2v) is 9.37. The second kappa shape index (κ2) is 28.0. The van der Waals surface area contributed by atoms with Crippen molar-refractivity contribution in [3.05, 3.63) is 24.3 Å². The van der Waals surface area contributed by atoms with Gasteiger partial charge in [-0.3, -0.25) is 4.79 Å². The zero-order valence-corrected chi connectivity index (χ0v) is 21.9. The number of allylic oxidation sites excluding steroid dienone is 4. The molecule has 0 aliphatic heterocycles. The van der Waals surface area contributed by atoms with Crippen LogP contribution >= 0.6 is 0 Å². The van der Waals surface area contributed by atoms with Crippen LogP contribution in [-0.2, 0) is 9.53 Å². The fourth-order valence-corrected chi connectivity index (χ4v) is 3.87. The van der Waals surface area contributed by atoms with Crippen LogP contribution in [0.1, 0.15) is 155 Å². The molecule has 32 heavy (non-hydrogen) atoms. The average molecular weight is 449 g/mol. The van der Waals surface area contributed by atoms with Gasteiger partial charge in [0.15, 0.2) is 0 Å². The molecule has 0 spiro atoms. The smallest absolute Gasteiger partial charge is 0.305 e. The maximum absolute atomic E-state index is 11.8. The number of hydrogen-bond acceptors (Lipinski definition) is 2. The van der Waals surface area contributed by atoms with Crippen LogP contribution < -0.4 is 0 Å². The Hall–Kier alpha value is -1.05. The van der Waals surface area contributed by atoms with E-state index in [0.717, 1.165) is 19.3 Å². The number of carbonyl (C=O) groups is 1. The molecule has 0 amide bonds. The molecule has 0 saturated carbocycles. The minimum atomic E-state index is 0.00494. The summed E-state index contributed by atoms with van der Waals surface area (Å²) in [6.45, 7) is 5.12. The van der Waals surface area contributed by atoms with Gasteiger partial charge in [0.1, 0.15) is 0 Å². The molecule has 0 unspecified atom stereocenters. The highest BCUT2D eigenvalue weighted by molar-refractivity contribution is 5.69. The molecule has 0 rings (SSSR count). The minimum absolute atomic E-state index is 0.00494. The SMILES string of the molecule is CCCC/C=C\CCCCCCCC(=O)OCCCCCCCC/C=C\CCCCCC. The predicted octanol–water partition coefficient (Wildman–Crippen LogP) is 10.3. The first-order chi connectivity index (χ1) is 15.8. The highest BCUT2D eigenvalue weighted by atomic mass is 16.5. The normalized spacial score (nSPS) is 11.7. The molecule has 0 fully saturated rings. The highest BCUT2D eigenvalue weighted by Crippen LogP contribution is 2.11. The van der Waals surface area contributed by atoms with Crippen LogP contribution in [0.25, 0.3) is 0 Å². The van der Waals surface area contributed by atoms with E-state index in [4.69, 9.17) is 4.74 Å². The lowest BCUT2D eigenvalue weighted by molar-refractivity contribution is -0.143. The third-order valence-corrected chi connectivity index (χ3v) is 6.06. The molecule has 0 aromatic heterocycles. The van der Waals surface area contributed by atoms with Crippen molar-refractivity contribution in [2.45, 2.75) is 155 Å². The molecule has 0 heterocycles. The predicted molar refractivity (Wildman–Crippen MR) is 142 cm³/mol. The van der Waals surface area contributed by atoms with E-state index in [0.29, 0.717) is 13.0 Å². The van der Waals surface area contributed by atoms with Gasteiger partial charge in [-0.1, -0.05) is 115 Å². The van der Waals surface area contributed by atoms with Gasteiger partial charge in [0.05, 0.1) is 6.61 Å². The van der Waals surface area contributed by atoms with E-state index >= 15 is 0 Å². The Bertz CT molecular complexity index is 425. The number of hydrogen-bond donors (Lipinski definition) is 0. The quantitative estimate of drug-likeness (QED) is 0.0788. The van der Waals surface area contributed by atoms with Gasteiger partial charge in [0.25, 0.3) is 0 Å². The van der Waals surface area contributed by atoms with Gasteiger partial charge in [-0.15, -0.1) is 0 Å². The molecule has 0 aromatic carbocycles. The van der Waals surface area contributed by atoms with Crippen molar-refractivity contribution in [3.8, 4) is 0 Å². The molecule has 0 aliphatic carbocycles. The Morgan fingerprint density at radius 2 is 0.906 bits per heavy atom. The molecule has 0 radical (unpaired) electrons. The molecule has 0 aromatic rings. The number of esters is 1. The number of unbranched alkanes of at least 4 members (excludes halogenated alkanes) is 17. The van der Waals surface area contributed by atoms with Crippen LogP contribution in [0.4, 0.5) is 0 Å². The number of ether oxygens (including phenoxy) is 1. The van der Waals surface area contributed by atoms with Crippen molar-refractivity contribution in [1.29, 1.82) is 0 Å². The number of carbonyl (C=O) groups excluding carboxylic acids is 1. The summed E-state index contributed by atoms with van der Waals surface area (Å²) in [6, 6.07) is 0. The van der Waals surface area contributed by atoms with Crippen LogP contribution in [0.2, 0.25) is 0 Å². The summed E-state index contributed by atoms with van der Waals surface area (Å²) in [7, 11) is 0. The van der Waals surface area contributed by atoms with E-state index in [9.17, 15) is 4.79 Å². The standard InChI is InChI=1S/C30H56O2/c1-3-5-7-9-11-13-15-16-17-19-21-23-25-27-29-32-30(31)28-26-24-22-20-18-14-12-10-8-6-4-2/h10,12-13,15H,3-9,11,14,16-29H2,1-2H3/b12-10-,15-13-. The van der Waals surface area contributed by atoms with Crippen LogP contribution in [0.5, 0.6) is 0 Å². The molecule has 0 N–H and O–H groups in total. The van der Waals surface area contributed by atoms with E-state index < -0.39 is 0 Å². The van der Waals surface area contributed by atoms with Gasteiger partial charge in [-0.25, -0.2) is 0 Å². The summed E-state index contributed by atoms with van der Waals surface area (Å²) in [6.07, 6.45) is 36.4. The van der Waals surface area contributed by atoms with E-state index in [-0.39, 0.29) is 5.97 Å². The first kappa shape index (κ1) is 30.9. The maximum atomic E-state index is 11.8. The molecule has 188 valence electrons. The Morgan fingerprint density at radius 1 is 0.500 bits per heavy atom. The Balaban J connectivity index is 3.22. The van der Waals surface area contributed by atoms with Gasteiger partial charge in [0.2, 0.25) is 0 Å². The third-order valence-electron chi connectivity index (χ3n) is 6.06. The van der Waals surface area contributed by atoms with Crippen molar-refractivity contribution < 1.29 is 9.53 Å². The Labute approximate surface area is 201 Å². The van der Waals surface area contributed by atoms with Crippen molar-refractivity contribution in [3.63, 3.8) is 0 Å². The van der Waals surface area contributed by atoms with Crippen molar-refractivity contribution in [1.82, 2.24) is 0 Å². The monoisotopic (exact) mass is 448 g/mol. The molecule has 2 nitrogen and oxygen atoms in total. The van der Waals surface area contributed by atoms with Gasteiger partial charge in [0, 0.05) is 6.42 Å². The lowest BCUT2D eigenvalue weighted by Gasteiger charge is -2.05. The molecule has 0 saturated heterocycles. The van der Waals surface area contributed by atoms with Crippen molar-refractivity contribution >= 4 is 5.97 Å². The Morgan fingerprint density at radius 3 is 1.44 bits per heavy atom. The summed E-state index contributed by atoms with van der Waals surface area (Å²) in [5.74, 6) is 0.00494. The molecule has 0 aliphatic rings. The van der Waals surface area contributed by atoms with Crippen LogP contribution in [0.15, 0.2) is 24.3 Å². The minimum Gasteiger partial charge on any atom is -0.466 e. The van der Waals surface area contributed by atoms with E-state index in [2.05, 4.69) is 38.2 Å². The second-order valence-electron chi connectivity index (χ2n) is 9.37. The van der Waals surface area contributed by atoms with Gasteiger partial charge in [-0.05, 0) is 57.8 Å². The first-order valence-electron chi connectivity index (χ1n) is 14.3. The van der Waals surface area contributed by atoms with E-state index in [1.807, 2.05) is 0 Å². The van der Waals surface area contributed by atoms with Crippen molar-refractivity contribution in [2.75, 3.05) is 6.61 Å². The lowest BCUT2D eigenvalue weighted by atomic mass is 10.1. The van der Waals surface area contributed by atoms with Crippen LogP contribution in [-0.4, -0.2) is 12.6 Å². The van der Waals surface area contributed by atoms with Gasteiger partial charge in [-0.2, -0.15) is 0 Å². The average Bonchev–Trinajstić information content (AvgIpc) is 2.80. The highest BCUT2D eigenvalue weighted by Gasteiger charge is 2.02. The first-order valence-corrected chi connectivity index (χ1v) is 14.3. The molecular weight excluding hydrogens is 392 g/mol. The molecule has 0 atom stereocenters. The van der Waals surface area contributed by atoms with Gasteiger partial charge < -0.3 is 4.74 Å². The maximum Gasteiger partial charge on any atom is 0.305 e. The topological polar surface area (TPSA) is 26.3 Å².